The zero-order chi connectivity index (χ0) is 27.4. The van der Waals surface area contributed by atoms with E-state index in [1.807, 2.05) is 26.0 Å². The molecule has 0 aliphatic heterocycles. The van der Waals surface area contributed by atoms with Gasteiger partial charge in [-0.1, -0.05) is 101 Å². The molecule has 4 rings (SSSR count). The Balaban J connectivity index is 1.74. The maximum Gasteiger partial charge on any atom is 0.295 e. The van der Waals surface area contributed by atoms with Crippen LogP contribution >= 0.6 is 10.9 Å². The molecule has 38 heavy (non-hydrogen) atoms. The first-order valence-electron chi connectivity index (χ1n) is 13.5. The molecule has 5 heteroatoms. The van der Waals surface area contributed by atoms with Gasteiger partial charge in [0.25, 0.3) is 10.1 Å². The van der Waals surface area contributed by atoms with Crippen molar-refractivity contribution in [1.29, 1.82) is 0 Å². The van der Waals surface area contributed by atoms with Crippen LogP contribution in [0.5, 0.6) is 0 Å². The minimum atomic E-state index is -4.37. The SMILES string of the molecule is CC(C)c1cc(C(C)C)c(S(=O)(=O)O)c(C(C)Cc2cccc([SH](c3ccccc3)C3C=CC=CC3)c2)c1. The lowest BCUT2D eigenvalue weighted by molar-refractivity contribution is 0.478. The van der Waals surface area contributed by atoms with Crippen molar-refractivity contribution in [2.75, 3.05) is 0 Å². The predicted octanol–water partition coefficient (Wildman–Crippen LogP) is 8.83. The molecule has 0 fully saturated rings. The minimum Gasteiger partial charge on any atom is -0.282 e. The summed E-state index contributed by atoms with van der Waals surface area (Å²) in [6.07, 6.45) is 10.6. The summed E-state index contributed by atoms with van der Waals surface area (Å²) in [4.78, 5) is 2.78. The first-order valence-corrected chi connectivity index (χ1v) is 16.3. The summed E-state index contributed by atoms with van der Waals surface area (Å²) in [6.45, 7) is 10.3. The number of thiol groups is 1. The van der Waals surface area contributed by atoms with Gasteiger partial charge in [0.1, 0.15) is 4.90 Å². The third-order valence-corrected chi connectivity index (χ3v) is 11.0. The number of hydrogen-bond acceptors (Lipinski definition) is 2. The first kappa shape index (κ1) is 28.4. The van der Waals surface area contributed by atoms with Gasteiger partial charge in [0.15, 0.2) is 0 Å². The fourth-order valence-electron chi connectivity index (χ4n) is 5.30. The van der Waals surface area contributed by atoms with E-state index in [0.717, 1.165) is 12.0 Å². The number of benzene rings is 3. The fraction of sp³-hybridized carbons (Fsp3) is 0.333. The van der Waals surface area contributed by atoms with Gasteiger partial charge in [-0.05, 0) is 86.9 Å². The maximum atomic E-state index is 12.6. The van der Waals surface area contributed by atoms with E-state index in [1.165, 1.54) is 15.4 Å². The van der Waals surface area contributed by atoms with E-state index in [9.17, 15) is 13.0 Å². The fourth-order valence-corrected chi connectivity index (χ4v) is 9.16. The number of hydrogen-bond donors (Lipinski definition) is 2. The van der Waals surface area contributed by atoms with Gasteiger partial charge >= 0.3 is 0 Å². The Kier molecular flexibility index (Phi) is 9.02. The van der Waals surface area contributed by atoms with Crippen LogP contribution in [-0.2, 0) is 16.5 Å². The van der Waals surface area contributed by atoms with E-state index in [-0.39, 0.29) is 22.6 Å². The molecule has 1 aliphatic carbocycles. The maximum absolute atomic E-state index is 12.6. The molecular weight excluding hydrogens is 508 g/mol. The van der Waals surface area contributed by atoms with Crippen molar-refractivity contribution >= 4 is 21.0 Å². The second kappa shape index (κ2) is 12.1. The molecule has 1 N–H and O–H groups in total. The van der Waals surface area contributed by atoms with Gasteiger partial charge in [-0.2, -0.15) is 19.3 Å². The predicted molar refractivity (Wildman–Crippen MR) is 162 cm³/mol. The zero-order valence-electron chi connectivity index (χ0n) is 23.0. The van der Waals surface area contributed by atoms with E-state index in [4.69, 9.17) is 0 Å². The molecule has 0 radical (unpaired) electrons. The van der Waals surface area contributed by atoms with Crippen LogP contribution in [0.1, 0.15) is 81.0 Å². The molecule has 3 unspecified atom stereocenters. The highest BCUT2D eigenvalue weighted by Gasteiger charge is 2.27. The Bertz CT molecular complexity index is 1420. The van der Waals surface area contributed by atoms with Crippen molar-refractivity contribution in [2.24, 2.45) is 0 Å². The molecule has 0 amide bonds. The van der Waals surface area contributed by atoms with E-state index < -0.39 is 21.0 Å². The molecule has 3 nitrogen and oxygen atoms in total. The Hall–Kier alpha value is -2.60. The van der Waals surface area contributed by atoms with Crippen LogP contribution in [0, 0.1) is 0 Å². The van der Waals surface area contributed by atoms with Gasteiger partial charge in [-0.25, -0.2) is 0 Å². The Morgan fingerprint density at radius 2 is 1.53 bits per heavy atom. The Morgan fingerprint density at radius 1 is 0.842 bits per heavy atom. The van der Waals surface area contributed by atoms with Gasteiger partial charge in [0.2, 0.25) is 0 Å². The van der Waals surface area contributed by atoms with Crippen LogP contribution in [0.15, 0.2) is 106 Å². The topological polar surface area (TPSA) is 54.4 Å². The molecule has 1 aliphatic rings. The van der Waals surface area contributed by atoms with E-state index in [0.29, 0.717) is 22.8 Å². The molecule has 3 aromatic carbocycles. The number of rotatable bonds is 9. The monoisotopic (exact) mass is 548 g/mol. The molecule has 0 spiro atoms. The lowest BCUT2D eigenvalue weighted by Gasteiger charge is -2.31. The summed E-state index contributed by atoms with van der Waals surface area (Å²) >= 11 is 0. The molecule has 0 saturated carbocycles. The molecule has 202 valence electrons. The first-order chi connectivity index (χ1) is 18.1. The lowest BCUT2D eigenvalue weighted by atomic mass is 9.86. The quantitative estimate of drug-likeness (QED) is 0.207. The highest BCUT2D eigenvalue weighted by atomic mass is 32.2. The highest BCUT2D eigenvalue weighted by Crippen LogP contribution is 2.51. The lowest BCUT2D eigenvalue weighted by Crippen LogP contribution is -2.13. The smallest absolute Gasteiger partial charge is 0.282 e. The van der Waals surface area contributed by atoms with Crippen LogP contribution in [0.25, 0.3) is 0 Å². The molecule has 0 aromatic heterocycles. The molecule has 0 bridgehead atoms. The third-order valence-electron chi connectivity index (χ3n) is 7.30. The minimum absolute atomic E-state index is 0.0214. The Morgan fingerprint density at radius 3 is 2.13 bits per heavy atom. The normalized spacial score (nSPS) is 17.7. The van der Waals surface area contributed by atoms with Crippen molar-refractivity contribution in [2.45, 2.75) is 85.2 Å². The average Bonchev–Trinajstić information content (AvgIpc) is 2.89. The van der Waals surface area contributed by atoms with Crippen LogP contribution in [0.2, 0.25) is 0 Å². The van der Waals surface area contributed by atoms with Gasteiger partial charge in [-0.15, -0.1) is 0 Å². The van der Waals surface area contributed by atoms with Crippen molar-refractivity contribution < 1.29 is 13.0 Å². The summed E-state index contributed by atoms with van der Waals surface area (Å²) < 4.78 is 35.6. The highest BCUT2D eigenvalue weighted by molar-refractivity contribution is 8.17. The van der Waals surface area contributed by atoms with Crippen LogP contribution in [0.3, 0.4) is 0 Å². The van der Waals surface area contributed by atoms with E-state index in [1.54, 1.807) is 0 Å². The molecule has 3 atom stereocenters. The van der Waals surface area contributed by atoms with Gasteiger partial charge in [0.05, 0.1) is 0 Å². The summed E-state index contributed by atoms with van der Waals surface area (Å²) in [5.41, 5.74) is 3.68. The van der Waals surface area contributed by atoms with E-state index in [2.05, 4.69) is 99.7 Å². The van der Waals surface area contributed by atoms with Crippen molar-refractivity contribution in [3.63, 3.8) is 0 Å². The molecule has 3 aromatic rings. The third kappa shape index (κ3) is 6.51. The van der Waals surface area contributed by atoms with Crippen LogP contribution in [-0.4, -0.2) is 18.2 Å². The van der Waals surface area contributed by atoms with Crippen LogP contribution < -0.4 is 0 Å². The number of allylic oxidation sites excluding steroid dienone is 3. The summed E-state index contributed by atoms with van der Waals surface area (Å²) in [7, 11) is -4.96. The zero-order valence-corrected chi connectivity index (χ0v) is 24.7. The standard InChI is InChI=1S/C33H40O3S2/c1-23(2)27-21-31(24(3)4)33(38(34,35)36)32(22-27)25(5)19-26-13-12-18-30(20-26)37(28-14-8-6-9-15-28)29-16-10-7-11-17-29/h6-16,18,20-25,29,37H,17,19H2,1-5H3,(H,34,35,36). The molecule has 0 heterocycles. The van der Waals surface area contributed by atoms with E-state index >= 15 is 0 Å². The summed E-state index contributed by atoms with van der Waals surface area (Å²) in [5.74, 6) is 0.148. The van der Waals surface area contributed by atoms with Crippen molar-refractivity contribution in [1.82, 2.24) is 0 Å². The van der Waals surface area contributed by atoms with Gasteiger partial charge in [-0.3, -0.25) is 4.55 Å². The van der Waals surface area contributed by atoms with Gasteiger partial charge in [0, 0.05) is 5.25 Å². The molecule has 0 saturated heterocycles. The van der Waals surface area contributed by atoms with Crippen LogP contribution in [0.4, 0.5) is 0 Å². The largest absolute Gasteiger partial charge is 0.295 e. The van der Waals surface area contributed by atoms with Crippen molar-refractivity contribution in [3.05, 3.63) is 113 Å². The average molecular weight is 549 g/mol. The van der Waals surface area contributed by atoms with Crippen molar-refractivity contribution in [3.8, 4) is 0 Å². The second-order valence-electron chi connectivity index (χ2n) is 10.9. The van der Waals surface area contributed by atoms with Gasteiger partial charge < -0.3 is 0 Å². The molecular formula is C33H40O3S2. The second-order valence-corrected chi connectivity index (χ2v) is 14.7. The summed E-state index contributed by atoms with van der Waals surface area (Å²) in [5, 5.41) is 0.438. The Labute approximate surface area is 231 Å². The summed E-state index contributed by atoms with van der Waals surface area (Å²) in [6, 6.07) is 23.5.